The van der Waals surface area contributed by atoms with Crippen LogP contribution in [-0.4, -0.2) is 42.6 Å². The number of nitrogens with zero attached hydrogens (tertiary/aromatic N) is 1. The lowest BCUT2D eigenvalue weighted by Gasteiger charge is -2.42. The van der Waals surface area contributed by atoms with Crippen molar-refractivity contribution in [1.29, 1.82) is 0 Å². The zero-order chi connectivity index (χ0) is 31.7. The highest BCUT2D eigenvalue weighted by molar-refractivity contribution is 6.01. The quantitative estimate of drug-likeness (QED) is 0.135. The highest BCUT2D eigenvalue weighted by Gasteiger charge is 2.86. The standard InChI is InChI=1S/C30H36F9NO2/c1-18(8-5-12-25(40-42-4)27(28(31,32)33,29(34,35)36)30(37,38)39)22-15-16-23-21(10-7-17-26(22,23)3)14-13-20-9-6-11-24(41)19(20)2/h5,12-15,18,23-24,41H,2,6-11,16-17H2,1,3-4H3/b12-5+,20-13-,21-14+,40-25+. The lowest BCUT2D eigenvalue weighted by molar-refractivity contribution is -0.397. The van der Waals surface area contributed by atoms with Crippen molar-refractivity contribution in [3.63, 3.8) is 0 Å². The predicted octanol–water partition coefficient (Wildman–Crippen LogP) is 9.33. The molecule has 42 heavy (non-hydrogen) atoms. The van der Waals surface area contributed by atoms with Crippen LogP contribution in [0.15, 0.2) is 64.4 Å². The predicted molar refractivity (Wildman–Crippen MR) is 141 cm³/mol. The van der Waals surface area contributed by atoms with E-state index in [-0.39, 0.29) is 29.7 Å². The maximum atomic E-state index is 13.6. The smallest absolute Gasteiger partial charge is 0.399 e. The van der Waals surface area contributed by atoms with E-state index in [0.29, 0.717) is 25.5 Å². The summed E-state index contributed by atoms with van der Waals surface area (Å²) in [6, 6.07) is 0. The molecular formula is C30H36F9NO2. The molecule has 0 aliphatic heterocycles. The van der Waals surface area contributed by atoms with E-state index in [4.69, 9.17) is 0 Å². The number of hydrogen-bond donors (Lipinski definition) is 1. The summed E-state index contributed by atoms with van der Waals surface area (Å²) < 4.78 is 123. The fourth-order valence-corrected chi connectivity index (χ4v) is 6.80. The first-order valence-electron chi connectivity index (χ1n) is 13.8. The molecular weight excluding hydrogens is 577 g/mol. The van der Waals surface area contributed by atoms with Crippen molar-refractivity contribution in [3.8, 4) is 0 Å². The summed E-state index contributed by atoms with van der Waals surface area (Å²) in [4.78, 5) is 4.03. The van der Waals surface area contributed by atoms with Crippen molar-refractivity contribution in [2.24, 2.45) is 27.8 Å². The summed E-state index contributed by atoms with van der Waals surface area (Å²) in [5.74, 6) is -0.242. The van der Waals surface area contributed by atoms with Gasteiger partial charge in [0.25, 0.3) is 5.41 Å². The second-order valence-corrected chi connectivity index (χ2v) is 11.5. The van der Waals surface area contributed by atoms with E-state index >= 15 is 0 Å². The molecule has 2 saturated carbocycles. The maximum absolute atomic E-state index is 13.6. The van der Waals surface area contributed by atoms with Crippen molar-refractivity contribution in [2.75, 3.05) is 7.11 Å². The van der Waals surface area contributed by atoms with Gasteiger partial charge in [-0.25, -0.2) is 0 Å². The summed E-state index contributed by atoms with van der Waals surface area (Å²) >= 11 is 0. The number of oxime groups is 1. The van der Waals surface area contributed by atoms with Gasteiger partial charge in [0.2, 0.25) is 0 Å². The molecule has 0 bridgehead atoms. The van der Waals surface area contributed by atoms with E-state index in [1.165, 1.54) is 5.57 Å². The number of alkyl halides is 9. The van der Waals surface area contributed by atoms with Gasteiger partial charge in [-0.1, -0.05) is 61.0 Å². The third-order valence-electron chi connectivity index (χ3n) is 8.99. The average molecular weight is 614 g/mol. The van der Waals surface area contributed by atoms with Gasteiger partial charge in [0.15, 0.2) is 0 Å². The van der Waals surface area contributed by atoms with Crippen LogP contribution in [0.2, 0.25) is 0 Å². The Labute approximate surface area is 239 Å². The third kappa shape index (κ3) is 6.10. The second kappa shape index (κ2) is 12.2. The number of aliphatic hydroxyl groups excluding tert-OH is 1. The monoisotopic (exact) mass is 613 g/mol. The Morgan fingerprint density at radius 3 is 2.26 bits per heavy atom. The van der Waals surface area contributed by atoms with Crippen LogP contribution >= 0.6 is 0 Å². The van der Waals surface area contributed by atoms with Gasteiger partial charge in [0, 0.05) is 0 Å². The molecule has 0 aromatic carbocycles. The van der Waals surface area contributed by atoms with Crippen LogP contribution < -0.4 is 0 Å². The Kier molecular flexibility index (Phi) is 9.91. The Hall–Kier alpha value is -2.50. The van der Waals surface area contributed by atoms with Crippen molar-refractivity contribution in [1.82, 2.24) is 0 Å². The minimum atomic E-state index is -6.78. The van der Waals surface area contributed by atoms with Gasteiger partial charge in [-0.05, 0) is 85.8 Å². The second-order valence-electron chi connectivity index (χ2n) is 11.5. The summed E-state index contributed by atoms with van der Waals surface area (Å²) in [7, 11) is 0.574. The van der Waals surface area contributed by atoms with Crippen molar-refractivity contribution in [3.05, 3.63) is 59.3 Å². The van der Waals surface area contributed by atoms with Crippen LogP contribution in [-0.2, 0) is 4.84 Å². The molecule has 0 aromatic rings. The van der Waals surface area contributed by atoms with Crippen LogP contribution in [0.4, 0.5) is 39.5 Å². The Bertz CT molecular complexity index is 1130. The van der Waals surface area contributed by atoms with Gasteiger partial charge >= 0.3 is 18.5 Å². The summed E-state index contributed by atoms with van der Waals surface area (Å²) in [6.07, 6.45) is -8.36. The van der Waals surface area contributed by atoms with Crippen LogP contribution in [0.3, 0.4) is 0 Å². The van der Waals surface area contributed by atoms with Gasteiger partial charge in [-0.2, -0.15) is 39.5 Å². The molecule has 0 heterocycles. The number of aliphatic hydroxyl groups is 1. The van der Waals surface area contributed by atoms with Gasteiger partial charge in [0.1, 0.15) is 12.8 Å². The van der Waals surface area contributed by atoms with E-state index in [2.05, 4.69) is 29.6 Å². The van der Waals surface area contributed by atoms with Crippen molar-refractivity contribution in [2.45, 2.75) is 89.8 Å². The number of fused-ring (bicyclic) bond motifs is 1. The fourth-order valence-electron chi connectivity index (χ4n) is 6.80. The van der Waals surface area contributed by atoms with Gasteiger partial charge in [-0.3, -0.25) is 0 Å². The maximum Gasteiger partial charge on any atom is 0.417 e. The molecule has 12 heteroatoms. The fraction of sp³-hybridized carbons (Fsp3) is 0.633. The van der Waals surface area contributed by atoms with E-state index < -0.39 is 35.8 Å². The number of rotatable bonds is 7. The first kappa shape index (κ1) is 34.0. The number of allylic oxidation sites excluding steroid dienone is 7. The molecule has 3 nitrogen and oxygen atoms in total. The molecule has 4 atom stereocenters. The molecule has 0 amide bonds. The van der Waals surface area contributed by atoms with Gasteiger partial charge < -0.3 is 9.94 Å². The Morgan fingerprint density at radius 2 is 1.69 bits per heavy atom. The molecule has 3 aliphatic rings. The lowest BCUT2D eigenvalue weighted by atomic mass is 9.62. The minimum absolute atomic E-state index is 0.110. The van der Waals surface area contributed by atoms with E-state index in [9.17, 15) is 44.6 Å². The zero-order valence-electron chi connectivity index (χ0n) is 23.7. The molecule has 0 saturated heterocycles. The third-order valence-corrected chi connectivity index (χ3v) is 8.99. The molecule has 1 N–H and O–H groups in total. The first-order valence-corrected chi connectivity index (χ1v) is 13.8. The Balaban J connectivity index is 1.85. The SMILES string of the molecule is C=C1/C(=C\C=C2/CCCC3(C)C(C(C)C/C=C/C(=N\OC)C(C(F)(F)F)(C(F)(F)F)C(F)(F)F)=CCC23)CCCC1O. The zero-order valence-corrected chi connectivity index (χ0v) is 23.7. The van der Waals surface area contributed by atoms with Crippen molar-refractivity contribution < 1.29 is 49.5 Å². The highest BCUT2D eigenvalue weighted by Crippen LogP contribution is 2.61. The largest absolute Gasteiger partial charge is 0.417 e. The normalized spacial score (nSPS) is 29.3. The molecule has 236 valence electrons. The minimum Gasteiger partial charge on any atom is -0.399 e. The van der Waals surface area contributed by atoms with Crippen LogP contribution in [0.1, 0.15) is 65.2 Å². The molecule has 0 radical (unpaired) electrons. The summed E-state index contributed by atoms with van der Waals surface area (Å²) in [6.45, 7) is 7.81. The van der Waals surface area contributed by atoms with Gasteiger partial charge in [-0.15, -0.1) is 0 Å². The lowest BCUT2D eigenvalue weighted by Crippen LogP contribution is -2.64. The molecule has 0 aromatic heterocycles. The Morgan fingerprint density at radius 1 is 1.07 bits per heavy atom. The molecule has 3 aliphatic carbocycles. The molecule has 4 unspecified atom stereocenters. The van der Waals surface area contributed by atoms with Crippen LogP contribution in [0, 0.1) is 22.7 Å². The molecule has 2 fully saturated rings. The molecule has 0 spiro atoms. The number of hydrogen-bond acceptors (Lipinski definition) is 3. The van der Waals surface area contributed by atoms with Crippen LogP contribution in [0.25, 0.3) is 0 Å². The summed E-state index contributed by atoms with van der Waals surface area (Å²) in [5, 5.41) is 12.7. The van der Waals surface area contributed by atoms with Gasteiger partial charge in [0.05, 0.1) is 6.10 Å². The topological polar surface area (TPSA) is 41.8 Å². The average Bonchev–Trinajstić information content (AvgIpc) is 3.20. The van der Waals surface area contributed by atoms with Crippen LogP contribution in [0.5, 0.6) is 0 Å². The van der Waals surface area contributed by atoms with E-state index in [1.807, 2.05) is 12.2 Å². The van der Waals surface area contributed by atoms with E-state index in [0.717, 1.165) is 49.3 Å². The summed E-state index contributed by atoms with van der Waals surface area (Å²) in [5.41, 5.74) is -4.99. The molecule has 3 rings (SSSR count). The first-order chi connectivity index (χ1) is 19.3. The number of halogens is 9. The van der Waals surface area contributed by atoms with E-state index in [1.54, 1.807) is 6.92 Å². The van der Waals surface area contributed by atoms with Crippen molar-refractivity contribution >= 4 is 5.71 Å². The highest BCUT2D eigenvalue weighted by atomic mass is 19.4.